The van der Waals surface area contributed by atoms with Crippen molar-refractivity contribution in [3.63, 3.8) is 0 Å². The summed E-state index contributed by atoms with van der Waals surface area (Å²) in [5, 5.41) is -0.0384. The number of nitrogens with zero attached hydrogens (tertiary/aromatic N) is 2. The second-order valence-corrected chi connectivity index (χ2v) is 5.99. The first kappa shape index (κ1) is 13.7. The van der Waals surface area contributed by atoms with E-state index in [-0.39, 0.29) is 5.15 Å². The van der Waals surface area contributed by atoms with Crippen LogP contribution in [0.5, 0.6) is 0 Å². The Bertz CT molecular complexity index is 403. The summed E-state index contributed by atoms with van der Waals surface area (Å²) in [6, 6.07) is 0. The van der Waals surface area contributed by atoms with Crippen molar-refractivity contribution in [1.29, 1.82) is 0 Å². The van der Waals surface area contributed by atoms with Crippen LogP contribution in [-0.2, 0) is 0 Å². The summed E-state index contributed by atoms with van der Waals surface area (Å²) in [4.78, 5) is 8.36. The summed E-state index contributed by atoms with van der Waals surface area (Å²) in [5.41, 5.74) is 0.357. The lowest BCUT2D eigenvalue weighted by molar-refractivity contribution is 0.254. The molecule has 2 rings (SSSR count). The first-order valence-corrected chi connectivity index (χ1v) is 7.06. The van der Waals surface area contributed by atoms with Gasteiger partial charge >= 0.3 is 0 Å². The van der Waals surface area contributed by atoms with Crippen molar-refractivity contribution in [3.8, 4) is 0 Å². The number of hydrogen-bond acceptors (Lipinski definition) is 2. The Labute approximate surface area is 113 Å². The molecule has 0 aromatic carbocycles. The van der Waals surface area contributed by atoms with E-state index in [9.17, 15) is 4.39 Å². The van der Waals surface area contributed by atoms with Gasteiger partial charge in [0, 0.05) is 5.92 Å². The lowest BCUT2D eigenvalue weighted by Gasteiger charge is -2.30. The molecule has 100 valence electrons. The molecule has 2 nitrogen and oxygen atoms in total. The zero-order valence-corrected chi connectivity index (χ0v) is 12.0. The number of aryl methyl sites for hydroxylation is 1. The molecule has 0 bridgehead atoms. The van der Waals surface area contributed by atoms with Gasteiger partial charge in [0.2, 0.25) is 0 Å². The lowest BCUT2D eigenvalue weighted by atomic mass is 9.77. The first-order valence-electron chi connectivity index (χ1n) is 6.68. The highest BCUT2D eigenvalue weighted by Gasteiger charge is 2.26. The Morgan fingerprint density at radius 1 is 1.17 bits per heavy atom. The van der Waals surface area contributed by atoms with Crippen LogP contribution in [0.4, 0.5) is 4.39 Å². The maximum absolute atomic E-state index is 13.4. The van der Waals surface area contributed by atoms with E-state index in [0.717, 1.165) is 30.5 Å². The van der Waals surface area contributed by atoms with E-state index in [2.05, 4.69) is 23.8 Å². The fourth-order valence-corrected chi connectivity index (χ4v) is 2.99. The number of halogens is 2. The maximum Gasteiger partial charge on any atom is 0.181 e. The van der Waals surface area contributed by atoms with Crippen molar-refractivity contribution >= 4 is 11.6 Å². The molecule has 0 atom stereocenters. The van der Waals surface area contributed by atoms with Crippen LogP contribution in [0.2, 0.25) is 5.15 Å². The SMILES string of the molecule is Cc1nc(C2CCC(C(C)C)CC2)nc(Cl)c1F. The van der Waals surface area contributed by atoms with Crippen molar-refractivity contribution in [3.05, 3.63) is 22.5 Å². The third-order valence-electron chi connectivity index (χ3n) is 4.07. The van der Waals surface area contributed by atoms with Gasteiger partial charge in [0.25, 0.3) is 0 Å². The van der Waals surface area contributed by atoms with E-state index in [1.807, 2.05) is 0 Å². The molecule has 0 N–H and O–H groups in total. The molecule has 0 amide bonds. The van der Waals surface area contributed by atoms with Crippen LogP contribution in [-0.4, -0.2) is 9.97 Å². The molecule has 1 saturated carbocycles. The summed E-state index contributed by atoms with van der Waals surface area (Å²) in [6.07, 6.45) is 4.59. The summed E-state index contributed by atoms with van der Waals surface area (Å²) in [6.45, 7) is 6.20. The van der Waals surface area contributed by atoms with E-state index in [1.54, 1.807) is 6.92 Å². The zero-order valence-electron chi connectivity index (χ0n) is 11.2. The largest absolute Gasteiger partial charge is 0.235 e. The van der Waals surface area contributed by atoms with Crippen LogP contribution in [0, 0.1) is 24.6 Å². The van der Waals surface area contributed by atoms with Crippen LogP contribution in [0.3, 0.4) is 0 Å². The molecule has 0 saturated heterocycles. The van der Waals surface area contributed by atoms with Gasteiger partial charge in [-0.25, -0.2) is 14.4 Å². The van der Waals surface area contributed by atoms with Gasteiger partial charge in [-0.1, -0.05) is 25.4 Å². The van der Waals surface area contributed by atoms with E-state index in [0.29, 0.717) is 11.6 Å². The van der Waals surface area contributed by atoms with Gasteiger partial charge in [-0.3, -0.25) is 0 Å². The molecule has 0 aliphatic heterocycles. The molecule has 18 heavy (non-hydrogen) atoms. The predicted molar refractivity (Wildman–Crippen MR) is 71.3 cm³/mol. The normalized spacial score (nSPS) is 24.6. The molecule has 1 aliphatic carbocycles. The van der Waals surface area contributed by atoms with Crippen molar-refractivity contribution in [2.45, 2.75) is 52.4 Å². The van der Waals surface area contributed by atoms with E-state index in [4.69, 9.17) is 11.6 Å². The van der Waals surface area contributed by atoms with Crippen LogP contribution in [0.15, 0.2) is 0 Å². The molecule has 4 heteroatoms. The van der Waals surface area contributed by atoms with E-state index < -0.39 is 5.82 Å². The molecule has 0 radical (unpaired) electrons. The average molecular weight is 271 g/mol. The zero-order chi connectivity index (χ0) is 13.3. The van der Waals surface area contributed by atoms with Crippen LogP contribution in [0.25, 0.3) is 0 Å². The molecule has 0 unspecified atom stereocenters. The molecule has 0 spiro atoms. The summed E-state index contributed by atoms with van der Waals surface area (Å²) in [7, 11) is 0. The van der Waals surface area contributed by atoms with E-state index >= 15 is 0 Å². The highest BCUT2D eigenvalue weighted by atomic mass is 35.5. The number of hydrogen-bond donors (Lipinski definition) is 0. The summed E-state index contributed by atoms with van der Waals surface area (Å²) in [5.74, 6) is 2.12. The summed E-state index contributed by atoms with van der Waals surface area (Å²) < 4.78 is 13.4. The smallest absolute Gasteiger partial charge is 0.181 e. The minimum absolute atomic E-state index is 0.0384. The topological polar surface area (TPSA) is 25.8 Å². The number of aromatic nitrogens is 2. The molecule has 1 aliphatic rings. The van der Waals surface area contributed by atoms with Gasteiger partial charge in [-0.2, -0.15) is 0 Å². The Kier molecular flexibility index (Phi) is 4.21. The average Bonchev–Trinajstić information content (AvgIpc) is 2.35. The Morgan fingerprint density at radius 3 is 2.28 bits per heavy atom. The third-order valence-corrected chi connectivity index (χ3v) is 4.32. The van der Waals surface area contributed by atoms with Gasteiger partial charge < -0.3 is 0 Å². The fourth-order valence-electron chi connectivity index (χ4n) is 2.77. The fraction of sp³-hybridized carbons (Fsp3) is 0.714. The highest BCUT2D eigenvalue weighted by Crippen LogP contribution is 2.37. The van der Waals surface area contributed by atoms with Gasteiger partial charge in [-0.05, 0) is 44.4 Å². The second-order valence-electron chi connectivity index (χ2n) is 5.63. The predicted octanol–water partition coefficient (Wildman–Crippen LogP) is 4.51. The van der Waals surface area contributed by atoms with Gasteiger partial charge in [0.1, 0.15) is 5.82 Å². The Balaban J connectivity index is 2.10. The highest BCUT2D eigenvalue weighted by molar-refractivity contribution is 6.29. The van der Waals surface area contributed by atoms with Gasteiger partial charge in [0.15, 0.2) is 11.0 Å². The van der Waals surface area contributed by atoms with Crippen molar-refractivity contribution in [2.24, 2.45) is 11.8 Å². The monoisotopic (exact) mass is 270 g/mol. The lowest BCUT2D eigenvalue weighted by Crippen LogP contribution is -2.19. The van der Waals surface area contributed by atoms with Gasteiger partial charge in [-0.15, -0.1) is 0 Å². The maximum atomic E-state index is 13.4. The minimum atomic E-state index is -0.490. The molecule has 1 heterocycles. The molecular formula is C14H20ClFN2. The Morgan fingerprint density at radius 2 is 1.78 bits per heavy atom. The van der Waals surface area contributed by atoms with E-state index in [1.165, 1.54) is 12.8 Å². The Hall–Kier alpha value is -0.700. The van der Waals surface area contributed by atoms with Gasteiger partial charge in [0.05, 0.1) is 5.69 Å². The quantitative estimate of drug-likeness (QED) is 0.739. The second kappa shape index (κ2) is 5.52. The van der Waals surface area contributed by atoms with Crippen molar-refractivity contribution < 1.29 is 4.39 Å². The molecular weight excluding hydrogens is 251 g/mol. The molecule has 1 fully saturated rings. The van der Waals surface area contributed by atoms with Crippen molar-refractivity contribution in [2.75, 3.05) is 0 Å². The van der Waals surface area contributed by atoms with Crippen LogP contribution in [0.1, 0.15) is 57.0 Å². The first-order chi connectivity index (χ1) is 8.49. The standard InChI is InChI=1S/C14H20ClFN2/c1-8(2)10-4-6-11(7-5-10)14-17-9(3)12(16)13(15)18-14/h8,10-11H,4-7H2,1-3H3. The molecule has 1 aromatic heterocycles. The number of rotatable bonds is 2. The summed E-state index contributed by atoms with van der Waals surface area (Å²) >= 11 is 5.79. The third kappa shape index (κ3) is 2.82. The van der Waals surface area contributed by atoms with Crippen LogP contribution < -0.4 is 0 Å². The minimum Gasteiger partial charge on any atom is -0.235 e. The van der Waals surface area contributed by atoms with Crippen molar-refractivity contribution in [1.82, 2.24) is 9.97 Å². The van der Waals surface area contributed by atoms with Crippen LogP contribution >= 0.6 is 11.6 Å². The molecule has 1 aromatic rings.